The molecule has 2 aromatic carbocycles. The van der Waals surface area contributed by atoms with Crippen LogP contribution >= 0.6 is 0 Å². The summed E-state index contributed by atoms with van der Waals surface area (Å²) in [6, 6.07) is 14.4. The molecule has 0 atom stereocenters. The number of nitrogens with zero attached hydrogens (tertiary/aromatic N) is 2. The fraction of sp³-hybridized carbons (Fsp3) is 0.320. The van der Waals surface area contributed by atoms with E-state index in [1.807, 2.05) is 51.1 Å². The summed E-state index contributed by atoms with van der Waals surface area (Å²) in [6.45, 7) is 6.06. The molecule has 3 aromatic rings. The van der Waals surface area contributed by atoms with Crippen LogP contribution in [-0.2, 0) is 11.3 Å². The standard InChI is InChI=1S/C25H28N4O3/c1-15(2)24(31)27-19-10-11-23(30)20(12-19)21-13-22(18-8-9-18)29(28-21)25(32)26-14-17-6-4-16(3)5-7-17/h4-7,10-13,15,18,30H,8-9,14H2,1-3H3,(H,26,32)(H,27,31). The lowest BCUT2D eigenvalue weighted by atomic mass is 10.1. The van der Waals surface area contributed by atoms with Gasteiger partial charge >= 0.3 is 6.03 Å². The molecule has 1 saturated carbocycles. The molecule has 7 nitrogen and oxygen atoms in total. The first-order valence-electron chi connectivity index (χ1n) is 10.9. The molecule has 1 aromatic heterocycles. The van der Waals surface area contributed by atoms with Crippen LogP contribution in [0.3, 0.4) is 0 Å². The topological polar surface area (TPSA) is 96.3 Å². The molecule has 1 aliphatic rings. The highest BCUT2D eigenvalue weighted by atomic mass is 16.3. The number of aromatic nitrogens is 2. The fourth-order valence-corrected chi connectivity index (χ4v) is 3.42. The number of aromatic hydroxyl groups is 1. The Balaban J connectivity index is 1.58. The normalized spacial score (nSPS) is 13.2. The van der Waals surface area contributed by atoms with Crippen LogP contribution in [0, 0.1) is 12.8 Å². The Morgan fingerprint density at radius 1 is 1.12 bits per heavy atom. The molecule has 0 saturated heterocycles. The van der Waals surface area contributed by atoms with Gasteiger partial charge in [0.25, 0.3) is 0 Å². The predicted octanol–water partition coefficient (Wildman–Crippen LogP) is 4.79. The summed E-state index contributed by atoms with van der Waals surface area (Å²) >= 11 is 0. The molecular formula is C25H28N4O3. The van der Waals surface area contributed by atoms with Crippen molar-refractivity contribution in [3.63, 3.8) is 0 Å². The van der Waals surface area contributed by atoms with Crippen LogP contribution in [0.4, 0.5) is 10.5 Å². The van der Waals surface area contributed by atoms with Crippen molar-refractivity contribution in [2.75, 3.05) is 5.32 Å². The van der Waals surface area contributed by atoms with Crippen molar-refractivity contribution >= 4 is 17.6 Å². The number of carbonyl (C=O) groups excluding carboxylic acids is 2. The number of phenolic OH excluding ortho intramolecular Hbond substituents is 1. The van der Waals surface area contributed by atoms with E-state index in [1.54, 1.807) is 12.1 Å². The zero-order chi connectivity index (χ0) is 22.8. The second-order valence-corrected chi connectivity index (χ2v) is 8.66. The molecule has 0 radical (unpaired) electrons. The van der Waals surface area contributed by atoms with Crippen molar-refractivity contribution in [1.82, 2.24) is 15.1 Å². The quantitative estimate of drug-likeness (QED) is 0.488. The van der Waals surface area contributed by atoms with Gasteiger partial charge in [0.05, 0.1) is 11.4 Å². The number of hydrogen-bond donors (Lipinski definition) is 3. The first-order chi connectivity index (χ1) is 15.3. The Kier molecular flexibility index (Phi) is 5.99. The zero-order valence-electron chi connectivity index (χ0n) is 18.6. The SMILES string of the molecule is Cc1ccc(CNC(=O)n2nc(-c3cc(NC(=O)C(C)C)ccc3O)cc2C2CC2)cc1. The minimum absolute atomic E-state index is 0.0413. The average Bonchev–Trinajstić information content (AvgIpc) is 3.52. The lowest BCUT2D eigenvalue weighted by Gasteiger charge is -2.10. The van der Waals surface area contributed by atoms with Gasteiger partial charge in [-0.3, -0.25) is 4.79 Å². The summed E-state index contributed by atoms with van der Waals surface area (Å²) in [5.41, 5.74) is 4.55. The zero-order valence-corrected chi connectivity index (χ0v) is 18.6. The second kappa shape index (κ2) is 8.86. The summed E-state index contributed by atoms with van der Waals surface area (Å²) in [6.07, 6.45) is 2.01. The molecule has 4 rings (SSSR count). The molecule has 3 N–H and O–H groups in total. The van der Waals surface area contributed by atoms with E-state index in [0.717, 1.165) is 24.1 Å². The first-order valence-corrected chi connectivity index (χ1v) is 10.9. The number of anilines is 1. The number of rotatable bonds is 6. The van der Waals surface area contributed by atoms with Gasteiger partial charge in [0, 0.05) is 29.6 Å². The third-order valence-corrected chi connectivity index (χ3v) is 5.55. The molecule has 1 heterocycles. The van der Waals surface area contributed by atoms with Gasteiger partial charge in [0.15, 0.2) is 0 Å². The van der Waals surface area contributed by atoms with Gasteiger partial charge in [-0.15, -0.1) is 0 Å². The Labute approximate surface area is 187 Å². The van der Waals surface area contributed by atoms with Gasteiger partial charge in [-0.1, -0.05) is 43.7 Å². The maximum atomic E-state index is 12.9. The molecule has 166 valence electrons. The van der Waals surface area contributed by atoms with E-state index >= 15 is 0 Å². The van der Waals surface area contributed by atoms with Gasteiger partial charge in [0.2, 0.25) is 5.91 Å². The van der Waals surface area contributed by atoms with Crippen molar-refractivity contribution in [3.05, 3.63) is 65.4 Å². The molecule has 0 bridgehead atoms. The van der Waals surface area contributed by atoms with Crippen molar-refractivity contribution in [3.8, 4) is 17.0 Å². The number of benzene rings is 2. The van der Waals surface area contributed by atoms with E-state index < -0.39 is 0 Å². The van der Waals surface area contributed by atoms with E-state index in [0.29, 0.717) is 23.5 Å². The van der Waals surface area contributed by atoms with E-state index in [9.17, 15) is 14.7 Å². The smallest absolute Gasteiger partial charge is 0.342 e. The Bertz CT molecular complexity index is 1140. The van der Waals surface area contributed by atoms with Gasteiger partial charge in [-0.25, -0.2) is 4.79 Å². The van der Waals surface area contributed by atoms with Gasteiger partial charge in [-0.05, 0) is 49.6 Å². The predicted molar refractivity (Wildman–Crippen MR) is 124 cm³/mol. The molecule has 0 spiro atoms. The van der Waals surface area contributed by atoms with Crippen molar-refractivity contribution in [2.24, 2.45) is 5.92 Å². The summed E-state index contributed by atoms with van der Waals surface area (Å²) in [5.74, 6) is 0.0541. The van der Waals surface area contributed by atoms with Crippen LogP contribution in [0.5, 0.6) is 5.75 Å². The van der Waals surface area contributed by atoms with Gasteiger partial charge in [0.1, 0.15) is 5.75 Å². The lowest BCUT2D eigenvalue weighted by molar-refractivity contribution is -0.118. The number of phenols is 1. The third-order valence-electron chi connectivity index (χ3n) is 5.55. The van der Waals surface area contributed by atoms with Crippen molar-refractivity contribution in [2.45, 2.75) is 46.1 Å². The molecular weight excluding hydrogens is 404 g/mol. The summed E-state index contributed by atoms with van der Waals surface area (Å²) in [7, 11) is 0. The highest BCUT2D eigenvalue weighted by Crippen LogP contribution is 2.42. The van der Waals surface area contributed by atoms with E-state index in [4.69, 9.17) is 0 Å². The summed E-state index contributed by atoms with van der Waals surface area (Å²) < 4.78 is 1.40. The Morgan fingerprint density at radius 3 is 2.50 bits per heavy atom. The van der Waals surface area contributed by atoms with Gasteiger partial charge < -0.3 is 15.7 Å². The minimum atomic E-state index is -0.303. The fourth-order valence-electron chi connectivity index (χ4n) is 3.42. The van der Waals surface area contributed by atoms with Crippen LogP contribution in [0.15, 0.2) is 48.5 Å². The van der Waals surface area contributed by atoms with Crippen LogP contribution in [0.25, 0.3) is 11.3 Å². The van der Waals surface area contributed by atoms with E-state index in [2.05, 4.69) is 15.7 Å². The Morgan fingerprint density at radius 2 is 1.84 bits per heavy atom. The lowest BCUT2D eigenvalue weighted by Crippen LogP contribution is -2.30. The average molecular weight is 433 g/mol. The molecule has 7 heteroatoms. The van der Waals surface area contributed by atoms with Crippen molar-refractivity contribution in [1.29, 1.82) is 0 Å². The molecule has 32 heavy (non-hydrogen) atoms. The monoisotopic (exact) mass is 432 g/mol. The number of carbonyl (C=O) groups is 2. The minimum Gasteiger partial charge on any atom is -0.507 e. The van der Waals surface area contributed by atoms with Crippen LogP contribution in [-0.4, -0.2) is 26.8 Å². The first kappa shape index (κ1) is 21.6. The van der Waals surface area contributed by atoms with Crippen LogP contribution < -0.4 is 10.6 Å². The number of aryl methyl sites for hydroxylation is 1. The highest BCUT2D eigenvalue weighted by molar-refractivity contribution is 5.93. The van der Waals surface area contributed by atoms with E-state index in [1.165, 1.54) is 16.3 Å². The highest BCUT2D eigenvalue weighted by Gasteiger charge is 2.30. The molecule has 1 aliphatic carbocycles. The molecule has 1 fully saturated rings. The summed E-state index contributed by atoms with van der Waals surface area (Å²) in [4.78, 5) is 25.0. The van der Waals surface area contributed by atoms with Crippen LogP contribution in [0.2, 0.25) is 0 Å². The Hall–Kier alpha value is -3.61. The summed E-state index contributed by atoms with van der Waals surface area (Å²) in [5, 5.41) is 20.7. The second-order valence-electron chi connectivity index (χ2n) is 8.66. The van der Waals surface area contributed by atoms with Crippen molar-refractivity contribution < 1.29 is 14.7 Å². The number of hydrogen-bond acceptors (Lipinski definition) is 4. The molecule has 2 amide bonds. The third kappa shape index (κ3) is 4.82. The number of nitrogens with one attached hydrogen (secondary N) is 2. The molecule has 0 unspecified atom stereocenters. The number of amides is 2. The van der Waals surface area contributed by atoms with Gasteiger partial charge in [-0.2, -0.15) is 9.78 Å². The maximum Gasteiger partial charge on any atom is 0.342 e. The molecule has 0 aliphatic heterocycles. The maximum absolute atomic E-state index is 12.9. The van der Waals surface area contributed by atoms with Crippen LogP contribution in [0.1, 0.15) is 49.4 Å². The van der Waals surface area contributed by atoms with E-state index in [-0.39, 0.29) is 29.5 Å². The largest absolute Gasteiger partial charge is 0.507 e.